The maximum Gasteiger partial charge on any atom is 0.416 e. The van der Waals surface area contributed by atoms with Crippen molar-refractivity contribution in [1.82, 2.24) is 0 Å². The van der Waals surface area contributed by atoms with E-state index in [1.54, 1.807) is 18.2 Å². The molecule has 4 nitrogen and oxygen atoms in total. The fourth-order valence-electron chi connectivity index (χ4n) is 3.33. The molecular weight excluding hydrogens is 359 g/mol. The second-order valence-electron chi connectivity index (χ2n) is 6.57. The van der Waals surface area contributed by atoms with Crippen LogP contribution in [0.4, 0.5) is 18.9 Å². The highest BCUT2D eigenvalue weighted by Crippen LogP contribution is 2.31. The van der Waals surface area contributed by atoms with Crippen LogP contribution in [0.5, 0.6) is 5.75 Å². The topological polar surface area (TPSA) is 49.8 Å². The van der Waals surface area contributed by atoms with Gasteiger partial charge in [-0.2, -0.15) is 13.2 Å². The van der Waals surface area contributed by atoms with E-state index >= 15 is 0 Å². The van der Waals surface area contributed by atoms with Crippen molar-refractivity contribution in [2.45, 2.75) is 38.1 Å². The highest BCUT2D eigenvalue weighted by molar-refractivity contribution is 5.69. The summed E-state index contributed by atoms with van der Waals surface area (Å²) in [6, 6.07) is 12.2. The summed E-state index contributed by atoms with van der Waals surface area (Å²) in [6.45, 7) is 0.844. The first kappa shape index (κ1) is 19.1. The van der Waals surface area contributed by atoms with Crippen molar-refractivity contribution in [3.8, 4) is 5.75 Å². The number of carboxylic acid groups (broad SMARTS) is 1. The molecule has 0 spiro atoms. The van der Waals surface area contributed by atoms with E-state index in [1.807, 2.05) is 12.1 Å². The van der Waals surface area contributed by atoms with Gasteiger partial charge in [0.15, 0.2) is 0 Å². The van der Waals surface area contributed by atoms with Crippen molar-refractivity contribution < 1.29 is 27.8 Å². The Balaban J connectivity index is 1.62. The van der Waals surface area contributed by atoms with E-state index in [0.29, 0.717) is 11.3 Å². The lowest BCUT2D eigenvalue weighted by Gasteiger charge is -2.25. The molecule has 1 aliphatic rings. The molecule has 2 aromatic carbocycles. The molecule has 0 bridgehead atoms. The van der Waals surface area contributed by atoms with Crippen molar-refractivity contribution in [3.63, 3.8) is 0 Å². The third kappa shape index (κ3) is 4.93. The van der Waals surface area contributed by atoms with Gasteiger partial charge in [0.25, 0.3) is 0 Å². The number of hydrogen-bond acceptors (Lipinski definition) is 3. The molecule has 27 heavy (non-hydrogen) atoms. The quantitative estimate of drug-likeness (QED) is 0.789. The van der Waals surface area contributed by atoms with Gasteiger partial charge in [-0.1, -0.05) is 12.1 Å². The lowest BCUT2D eigenvalue weighted by molar-refractivity contribution is -0.138. The summed E-state index contributed by atoms with van der Waals surface area (Å²) in [5.74, 6) is -0.266. The Morgan fingerprint density at radius 1 is 1.19 bits per heavy atom. The highest BCUT2D eigenvalue weighted by Gasteiger charge is 2.30. The fourth-order valence-corrected chi connectivity index (χ4v) is 3.33. The summed E-state index contributed by atoms with van der Waals surface area (Å²) in [7, 11) is 0. The van der Waals surface area contributed by atoms with Gasteiger partial charge >= 0.3 is 12.1 Å². The smallest absolute Gasteiger partial charge is 0.416 e. The number of halogens is 3. The highest BCUT2D eigenvalue weighted by atomic mass is 19.4. The predicted octanol–water partition coefficient (Wildman–Crippen LogP) is 4.73. The Labute approximate surface area is 155 Å². The molecule has 2 aromatic rings. The van der Waals surface area contributed by atoms with E-state index in [2.05, 4.69) is 4.90 Å². The van der Waals surface area contributed by atoms with Crippen LogP contribution in [-0.4, -0.2) is 23.7 Å². The van der Waals surface area contributed by atoms with Gasteiger partial charge in [-0.3, -0.25) is 4.79 Å². The van der Waals surface area contributed by atoms with Gasteiger partial charge in [0.05, 0.1) is 12.0 Å². The number of carboxylic acids is 1. The molecule has 0 aliphatic carbocycles. The minimum atomic E-state index is -4.38. The summed E-state index contributed by atoms with van der Waals surface area (Å²) in [5.41, 5.74) is 0.664. The average molecular weight is 379 g/mol. The predicted molar refractivity (Wildman–Crippen MR) is 94.8 cm³/mol. The van der Waals surface area contributed by atoms with Crippen LogP contribution in [-0.2, 0) is 17.6 Å². The van der Waals surface area contributed by atoms with Gasteiger partial charge in [0, 0.05) is 18.3 Å². The summed E-state index contributed by atoms with van der Waals surface area (Å²) >= 11 is 0. The molecule has 144 valence electrons. The van der Waals surface area contributed by atoms with Crippen LogP contribution in [0.25, 0.3) is 0 Å². The van der Waals surface area contributed by atoms with Gasteiger partial charge in [0.1, 0.15) is 12.4 Å². The maximum atomic E-state index is 12.8. The zero-order valence-corrected chi connectivity index (χ0v) is 14.6. The normalized spacial score (nSPS) is 17.1. The molecule has 1 fully saturated rings. The first-order valence-electron chi connectivity index (χ1n) is 8.70. The van der Waals surface area contributed by atoms with Crippen LogP contribution in [0.15, 0.2) is 48.5 Å². The molecule has 1 atom stereocenters. The lowest BCUT2D eigenvalue weighted by atomic mass is 10.1. The number of aliphatic carboxylic acids is 1. The molecule has 3 rings (SSSR count). The van der Waals surface area contributed by atoms with Gasteiger partial charge in [-0.15, -0.1) is 0 Å². The zero-order chi connectivity index (χ0) is 19.4. The number of rotatable bonds is 6. The van der Waals surface area contributed by atoms with Crippen LogP contribution in [0.3, 0.4) is 0 Å². The summed E-state index contributed by atoms with van der Waals surface area (Å²) in [6.07, 6.45) is -2.47. The van der Waals surface area contributed by atoms with Crippen molar-refractivity contribution in [2.75, 3.05) is 11.4 Å². The summed E-state index contributed by atoms with van der Waals surface area (Å²) < 4.78 is 43.8. The van der Waals surface area contributed by atoms with Crippen LogP contribution < -0.4 is 9.64 Å². The monoisotopic (exact) mass is 379 g/mol. The van der Waals surface area contributed by atoms with Gasteiger partial charge in [-0.25, -0.2) is 0 Å². The van der Waals surface area contributed by atoms with Crippen molar-refractivity contribution >= 4 is 11.7 Å². The van der Waals surface area contributed by atoms with Crippen LogP contribution in [0, 0.1) is 0 Å². The number of benzene rings is 2. The molecule has 1 saturated heterocycles. The van der Waals surface area contributed by atoms with E-state index < -0.39 is 17.7 Å². The Hall–Kier alpha value is -2.70. The molecule has 1 unspecified atom stereocenters. The van der Waals surface area contributed by atoms with Crippen molar-refractivity contribution in [3.05, 3.63) is 59.7 Å². The zero-order valence-electron chi connectivity index (χ0n) is 14.6. The first-order chi connectivity index (χ1) is 12.8. The number of anilines is 1. The number of hydrogen-bond donors (Lipinski definition) is 1. The Morgan fingerprint density at radius 3 is 2.59 bits per heavy atom. The minimum Gasteiger partial charge on any atom is -0.489 e. The number of carbonyl (C=O) groups is 1. The molecule has 0 saturated carbocycles. The van der Waals surface area contributed by atoms with Crippen molar-refractivity contribution in [2.24, 2.45) is 0 Å². The molecule has 0 radical (unpaired) electrons. The molecule has 1 heterocycles. The minimum absolute atomic E-state index is 0.0145. The summed E-state index contributed by atoms with van der Waals surface area (Å²) in [5, 5.41) is 9.01. The fraction of sp³-hybridized carbons (Fsp3) is 0.350. The molecular formula is C20H20F3NO3. The van der Waals surface area contributed by atoms with Crippen LogP contribution in [0.2, 0.25) is 0 Å². The molecule has 1 N–H and O–H groups in total. The van der Waals surface area contributed by atoms with Gasteiger partial charge in [-0.05, 0) is 54.8 Å². The average Bonchev–Trinajstić information content (AvgIpc) is 3.07. The van der Waals surface area contributed by atoms with Gasteiger partial charge < -0.3 is 14.7 Å². The number of nitrogens with zero attached hydrogens (tertiary/aromatic N) is 1. The van der Waals surface area contributed by atoms with E-state index in [4.69, 9.17) is 9.84 Å². The first-order valence-corrected chi connectivity index (χ1v) is 8.70. The summed E-state index contributed by atoms with van der Waals surface area (Å²) in [4.78, 5) is 13.0. The SMILES string of the molecule is O=C(O)CC1CCCN1c1ccc(OCc2cccc(C(F)(F)F)c2)cc1. The Kier molecular flexibility index (Phi) is 5.58. The molecule has 1 aliphatic heterocycles. The standard InChI is InChI=1S/C20H20F3NO3/c21-20(22,23)15-4-1-3-14(11-15)13-27-18-8-6-16(7-9-18)24-10-2-5-17(24)12-19(25)26/h1,3-4,6-9,11,17H,2,5,10,12-13H2,(H,25,26). The number of ether oxygens (including phenoxy) is 1. The Morgan fingerprint density at radius 2 is 1.93 bits per heavy atom. The van der Waals surface area contributed by atoms with Crippen LogP contribution >= 0.6 is 0 Å². The lowest BCUT2D eigenvalue weighted by Crippen LogP contribution is -2.31. The second-order valence-corrected chi connectivity index (χ2v) is 6.57. The number of alkyl halides is 3. The van der Waals surface area contributed by atoms with E-state index in [1.165, 1.54) is 6.07 Å². The van der Waals surface area contributed by atoms with E-state index in [0.717, 1.165) is 37.2 Å². The van der Waals surface area contributed by atoms with Crippen molar-refractivity contribution in [1.29, 1.82) is 0 Å². The largest absolute Gasteiger partial charge is 0.489 e. The van der Waals surface area contributed by atoms with E-state index in [-0.39, 0.29) is 19.1 Å². The van der Waals surface area contributed by atoms with E-state index in [9.17, 15) is 18.0 Å². The van der Waals surface area contributed by atoms with Gasteiger partial charge in [0.2, 0.25) is 0 Å². The van der Waals surface area contributed by atoms with Crippen LogP contribution in [0.1, 0.15) is 30.4 Å². The Bertz CT molecular complexity index is 790. The molecule has 0 amide bonds. The third-order valence-electron chi connectivity index (χ3n) is 4.62. The molecule has 0 aromatic heterocycles. The third-order valence-corrected chi connectivity index (χ3v) is 4.62. The molecule has 7 heteroatoms. The maximum absolute atomic E-state index is 12.8. The second kappa shape index (κ2) is 7.90.